The van der Waals surface area contributed by atoms with E-state index in [-0.39, 0.29) is 6.23 Å². The molecule has 0 saturated carbocycles. The topological polar surface area (TPSA) is 44.3 Å². The van der Waals surface area contributed by atoms with Crippen molar-refractivity contribution in [2.75, 3.05) is 6.61 Å². The maximum absolute atomic E-state index is 5.81. The van der Waals surface area contributed by atoms with Gasteiger partial charge in [-0.05, 0) is 54.0 Å². The van der Waals surface area contributed by atoms with E-state index < -0.39 is 0 Å². The van der Waals surface area contributed by atoms with Crippen LogP contribution in [0.25, 0.3) is 16.6 Å². The van der Waals surface area contributed by atoms with Gasteiger partial charge in [0.25, 0.3) is 0 Å². The highest BCUT2D eigenvalue weighted by molar-refractivity contribution is 14.1. The fourth-order valence-corrected chi connectivity index (χ4v) is 3.21. The Balaban J connectivity index is 1.93. The zero-order chi connectivity index (χ0) is 12.8. The molecule has 1 saturated heterocycles. The number of hydrogen-bond acceptors (Lipinski definition) is 3. The number of halogens is 1. The van der Waals surface area contributed by atoms with E-state index in [1.54, 1.807) is 0 Å². The lowest BCUT2D eigenvalue weighted by molar-refractivity contribution is -0.0370. The molecule has 0 N–H and O–H groups in total. The largest absolute Gasteiger partial charge is 0.356 e. The molecule has 5 nitrogen and oxygen atoms in total. The van der Waals surface area contributed by atoms with E-state index in [0.29, 0.717) is 0 Å². The van der Waals surface area contributed by atoms with Crippen LogP contribution in [0.5, 0.6) is 0 Å². The number of ether oxygens (including phenoxy) is 1. The van der Waals surface area contributed by atoms with E-state index in [1.165, 1.54) is 6.42 Å². The Hall–Kier alpha value is -1.15. The van der Waals surface area contributed by atoms with Crippen LogP contribution in [0.1, 0.15) is 25.5 Å². The van der Waals surface area contributed by atoms with Gasteiger partial charge >= 0.3 is 0 Å². The van der Waals surface area contributed by atoms with Gasteiger partial charge in [-0.1, -0.05) is 6.07 Å². The first-order valence-electron chi connectivity index (χ1n) is 6.47. The molecule has 3 aromatic heterocycles. The lowest BCUT2D eigenvalue weighted by Crippen LogP contribution is -2.19. The quantitative estimate of drug-likeness (QED) is 0.490. The highest BCUT2D eigenvalue weighted by Crippen LogP contribution is 2.27. The van der Waals surface area contributed by atoms with Crippen LogP contribution in [0.15, 0.2) is 24.4 Å². The van der Waals surface area contributed by atoms with Crippen LogP contribution in [-0.4, -0.2) is 26.0 Å². The molecule has 98 valence electrons. The zero-order valence-corrected chi connectivity index (χ0v) is 12.4. The van der Waals surface area contributed by atoms with Crippen molar-refractivity contribution >= 4 is 39.1 Å². The summed E-state index contributed by atoms with van der Waals surface area (Å²) in [6.07, 6.45) is 5.28. The molecule has 19 heavy (non-hydrogen) atoms. The fourth-order valence-electron chi connectivity index (χ4n) is 2.64. The van der Waals surface area contributed by atoms with E-state index >= 15 is 0 Å². The average Bonchev–Trinajstić information content (AvgIpc) is 3.00. The van der Waals surface area contributed by atoms with E-state index in [1.807, 2.05) is 27.5 Å². The van der Waals surface area contributed by atoms with Crippen molar-refractivity contribution in [1.29, 1.82) is 0 Å². The average molecular weight is 368 g/mol. The molecule has 1 aliphatic rings. The van der Waals surface area contributed by atoms with Gasteiger partial charge in [0.2, 0.25) is 0 Å². The lowest BCUT2D eigenvalue weighted by atomic mass is 10.2. The normalized spacial score (nSPS) is 20.4. The molecule has 0 radical (unpaired) electrons. The second-order valence-corrected chi connectivity index (χ2v) is 5.90. The molecule has 0 aliphatic carbocycles. The zero-order valence-electron chi connectivity index (χ0n) is 10.3. The van der Waals surface area contributed by atoms with Crippen LogP contribution in [0.3, 0.4) is 0 Å². The Morgan fingerprint density at radius 2 is 2.26 bits per heavy atom. The summed E-state index contributed by atoms with van der Waals surface area (Å²) in [7, 11) is 0. The molecule has 0 spiro atoms. The predicted octanol–water partition coefficient (Wildman–Crippen LogP) is 2.99. The number of aromatic nitrogens is 4. The summed E-state index contributed by atoms with van der Waals surface area (Å²) in [5.41, 5.74) is 2.01. The first-order chi connectivity index (χ1) is 9.34. The van der Waals surface area contributed by atoms with Crippen LogP contribution >= 0.6 is 22.6 Å². The number of hydrogen-bond donors (Lipinski definition) is 0. The minimum absolute atomic E-state index is 0.0359. The van der Waals surface area contributed by atoms with E-state index in [2.05, 4.69) is 38.9 Å². The maximum atomic E-state index is 5.81. The van der Waals surface area contributed by atoms with Crippen molar-refractivity contribution in [1.82, 2.24) is 19.4 Å². The van der Waals surface area contributed by atoms with Gasteiger partial charge in [-0.3, -0.25) is 0 Å². The number of fused-ring (bicyclic) bond motifs is 3. The summed E-state index contributed by atoms with van der Waals surface area (Å²) >= 11 is 2.30. The van der Waals surface area contributed by atoms with Crippen LogP contribution in [0.4, 0.5) is 0 Å². The molecule has 0 aromatic carbocycles. The summed E-state index contributed by atoms with van der Waals surface area (Å²) in [5, 5.41) is 10.2. The van der Waals surface area contributed by atoms with Gasteiger partial charge in [-0.2, -0.15) is 5.10 Å². The first kappa shape index (κ1) is 11.7. The van der Waals surface area contributed by atoms with Crippen LogP contribution < -0.4 is 0 Å². The minimum atomic E-state index is 0.0359. The third-order valence-electron chi connectivity index (χ3n) is 3.59. The summed E-state index contributed by atoms with van der Waals surface area (Å²) in [6.45, 7) is 0.816. The molecule has 4 heterocycles. The Bertz CT molecular complexity index is 742. The molecule has 0 bridgehead atoms. The van der Waals surface area contributed by atoms with Gasteiger partial charge in [0.05, 0.1) is 17.1 Å². The summed E-state index contributed by atoms with van der Waals surface area (Å²) in [6, 6.07) is 6.17. The van der Waals surface area contributed by atoms with Crippen molar-refractivity contribution in [2.45, 2.75) is 25.5 Å². The Morgan fingerprint density at radius 1 is 1.32 bits per heavy atom. The number of pyridine rings is 1. The SMILES string of the molecule is Ic1cccc2c3cnn(C4CCCCO4)c3nn12. The van der Waals surface area contributed by atoms with Gasteiger partial charge in [-0.25, -0.2) is 9.20 Å². The summed E-state index contributed by atoms with van der Waals surface area (Å²) in [5.74, 6) is 0. The standard InChI is InChI=1S/C13H13IN4O/c14-11-5-3-4-10-9-8-15-18(13(9)16-17(10)11)12-6-1-2-7-19-12/h3-5,8,12H,1-2,6-7H2. The lowest BCUT2D eigenvalue weighted by Gasteiger charge is -2.22. The number of nitrogens with zero attached hydrogens (tertiary/aromatic N) is 4. The second-order valence-electron chi connectivity index (χ2n) is 4.79. The molecule has 1 atom stereocenters. The Labute approximate surface area is 123 Å². The van der Waals surface area contributed by atoms with Crippen LogP contribution in [0, 0.1) is 3.70 Å². The highest BCUT2D eigenvalue weighted by Gasteiger charge is 2.21. The fraction of sp³-hybridized carbons (Fsp3) is 0.385. The molecule has 1 fully saturated rings. The van der Waals surface area contributed by atoms with Crippen molar-refractivity contribution in [2.24, 2.45) is 0 Å². The minimum Gasteiger partial charge on any atom is -0.356 e. The highest BCUT2D eigenvalue weighted by atomic mass is 127. The van der Waals surface area contributed by atoms with Crippen molar-refractivity contribution in [3.63, 3.8) is 0 Å². The molecular weight excluding hydrogens is 355 g/mol. The van der Waals surface area contributed by atoms with E-state index in [9.17, 15) is 0 Å². The maximum Gasteiger partial charge on any atom is 0.183 e. The Morgan fingerprint density at radius 3 is 3.11 bits per heavy atom. The number of rotatable bonds is 1. The third-order valence-corrected chi connectivity index (χ3v) is 4.40. The van der Waals surface area contributed by atoms with Gasteiger partial charge in [0.15, 0.2) is 11.9 Å². The van der Waals surface area contributed by atoms with Gasteiger partial charge in [0.1, 0.15) is 3.70 Å². The Kier molecular flexibility index (Phi) is 2.73. The molecule has 4 rings (SSSR count). The van der Waals surface area contributed by atoms with Gasteiger partial charge in [-0.15, -0.1) is 5.10 Å². The second kappa shape index (κ2) is 4.45. The van der Waals surface area contributed by atoms with Gasteiger partial charge in [0, 0.05) is 6.61 Å². The smallest absolute Gasteiger partial charge is 0.183 e. The molecule has 1 unspecified atom stereocenters. The summed E-state index contributed by atoms with van der Waals surface area (Å²) in [4.78, 5) is 0. The van der Waals surface area contributed by atoms with Crippen molar-refractivity contribution in [3.05, 3.63) is 28.1 Å². The van der Waals surface area contributed by atoms with Gasteiger partial charge < -0.3 is 4.74 Å². The van der Waals surface area contributed by atoms with E-state index in [0.717, 1.165) is 39.7 Å². The van der Waals surface area contributed by atoms with Crippen molar-refractivity contribution in [3.8, 4) is 0 Å². The van der Waals surface area contributed by atoms with Crippen LogP contribution in [0.2, 0.25) is 0 Å². The monoisotopic (exact) mass is 368 g/mol. The third kappa shape index (κ3) is 1.77. The summed E-state index contributed by atoms with van der Waals surface area (Å²) < 4.78 is 10.8. The first-order valence-corrected chi connectivity index (χ1v) is 7.54. The molecule has 6 heteroatoms. The van der Waals surface area contributed by atoms with Crippen molar-refractivity contribution < 1.29 is 4.74 Å². The van der Waals surface area contributed by atoms with Crippen LogP contribution in [-0.2, 0) is 4.74 Å². The van der Waals surface area contributed by atoms with E-state index in [4.69, 9.17) is 4.74 Å². The predicted molar refractivity (Wildman–Crippen MR) is 80.0 cm³/mol. The molecule has 1 aliphatic heterocycles. The molecule has 0 amide bonds. The molecule has 3 aromatic rings. The molecular formula is C13H13IN4O.